The monoisotopic (exact) mass is 208 g/mol. The number of rotatable bonds is 4. The van der Waals surface area contributed by atoms with Crippen LogP contribution in [0.5, 0.6) is 0 Å². The molecule has 4 heteroatoms. The molecule has 1 aliphatic rings. The lowest BCUT2D eigenvalue weighted by Crippen LogP contribution is -2.10. The molecule has 2 rings (SSSR count). The molecule has 0 amide bonds. The van der Waals surface area contributed by atoms with E-state index in [2.05, 4.69) is 18.9 Å². The predicted octanol–water partition coefficient (Wildman–Crippen LogP) is 1.73. The van der Waals surface area contributed by atoms with E-state index in [4.69, 9.17) is 5.11 Å². The third kappa shape index (κ3) is 2.03. The first-order valence-electron chi connectivity index (χ1n) is 5.34. The second kappa shape index (κ2) is 3.68. The summed E-state index contributed by atoms with van der Waals surface area (Å²) in [5.74, 6) is -0.153. The lowest BCUT2D eigenvalue weighted by atomic mass is 10.2. The first kappa shape index (κ1) is 10.2. The van der Waals surface area contributed by atoms with E-state index < -0.39 is 5.97 Å². The standard InChI is InChI=1S/C11H16N2O2/c1-7(2)6-13-10(3-4-12-13)8-5-9(8)11(14)15/h3-4,7-9H,5-6H2,1-2H3,(H,14,15)/t8-,9+/m0/s1. The van der Waals surface area contributed by atoms with E-state index in [0.29, 0.717) is 5.92 Å². The Morgan fingerprint density at radius 3 is 3.00 bits per heavy atom. The van der Waals surface area contributed by atoms with Crippen molar-refractivity contribution in [2.45, 2.75) is 32.7 Å². The highest BCUT2D eigenvalue weighted by molar-refractivity contribution is 5.75. The van der Waals surface area contributed by atoms with Crippen LogP contribution in [-0.2, 0) is 11.3 Å². The zero-order chi connectivity index (χ0) is 11.0. The highest BCUT2D eigenvalue weighted by Gasteiger charge is 2.45. The number of hydrogen-bond acceptors (Lipinski definition) is 2. The molecule has 0 spiro atoms. The molecule has 1 saturated carbocycles. The van der Waals surface area contributed by atoms with Gasteiger partial charge in [0.2, 0.25) is 0 Å². The number of carbonyl (C=O) groups is 1. The molecule has 82 valence electrons. The molecule has 1 aromatic heterocycles. The van der Waals surface area contributed by atoms with Crippen LogP contribution in [0.15, 0.2) is 12.3 Å². The molecule has 15 heavy (non-hydrogen) atoms. The van der Waals surface area contributed by atoms with Crippen LogP contribution in [0, 0.1) is 11.8 Å². The summed E-state index contributed by atoms with van der Waals surface area (Å²) >= 11 is 0. The largest absolute Gasteiger partial charge is 0.481 e. The highest BCUT2D eigenvalue weighted by atomic mass is 16.4. The minimum absolute atomic E-state index is 0.184. The number of carboxylic acid groups (broad SMARTS) is 1. The van der Waals surface area contributed by atoms with Crippen molar-refractivity contribution in [3.63, 3.8) is 0 Å². The van der Waals surface area contributed by atoms with E-state index in [1.165, 1.54) is 0 Å². The van der Waals surface area contributed by atoms with E-state index in [0.717, 1.165) is 18.7 Å². The quantitative estimate of drug-likeness (QED) is 0.819. The normalized spacial score (nSPS) is 24.5. The first-order chi connectivity index (χ1) is 7.09. The summed E-state index contributed by atoms with van der Waals surface area (Å²) in [5, 5.41) is 13.1. The van der Waals surface area contributed by atoms with Crippen molar-refractivity contribution in [1.29, 1.82) is 0 Å². The number of aromatic nitrogens is 2. The highest BCUT2D eigenvalue weighted by Crippen LogP contribution is 2.47. The Hall–Kier alpha value is -1.32. The maximum absolute atomic E-state index is 10.8. The lowest BCUT2D eigenvalue weighted by molar-refractivity contribution is -0.138. The van der Waals surface area contributed by atoms with Gasteiger partial charge >= 0.3 is 5.97 Å². The van der Waals surface area contributed by atoms with Gasteiger partial charge in [0, 0.05) is 24.4 Å². The summed E-state index contributed by atoms with van der Waals surface area (Å²) in [4.78, 5) is 10.8. The van der Waals surface area contributed by atoms with Gasteiger partial charge in [-0.1, -0.05) is 13.8 Å². The molecule has 0 bridgehead atoms. The van der Waals surface area contributed by atoms with Gasteiger partial charge in [-0.3, -0.25) is 9.48 Å². The Balaban J connectivity index is 2.10. The number of hydrogen-bond donors (Lipinski definition) is 1. The van der Waals surface area contributed by atoms with Gasteiger partial charge < -0.3 is 5.11 Å². The van der Waals surface area contributed by atoms with Crippen LogP contribution in [0.4, 0.5) is 0 Å². The van der Waals surface area contributed by atoms with Gasteiger partial charge in [-0.2, -0.15) is 5.10 Å². The van der Waals surface area contributed by atoms with Gasteiger partial charge in [-0.25, -0.2) is 0 Å². The average Bonchev–Trinajstić information content (AvgIpc) is 2.81. The molecule has 0 aromatic carbocycles. The number of nitrogens with zero attached hydrogens (tertiary/aromatic N) is 2. The third-order valence-corrected chi connectivity index (χ3v) is 2.78. The van der Waals surface area contributed by atoms with Crippen LogP contribution in [0.2, 0.25) is 0 Å². The molecule has 1 N–H and O–H groups in total. The van der Waals surface area contributed by atoms with Crippen LogP contribution in [0.3, 0.4) is 0 Å². The minimum Gasteiger partial charge on any atom is -0.481 e. The summed E-state index contributed by atoms with van der Waals surface area (Å²) in [5.41, 5.74) is 1.08. The van der Waals surface area contributed by atoms with Crippen molar-refractivity contribution in [1.82, 2.24) is 9.78 Å². The predicted molar refractivity (Wildman–Crippen MR) is 55.5 cm³/mol. The van der Waals surface area contributed by atoms with Crippen LogP contribution in [0.25, 0.3) is 0 Å². The lowest BCUT2D eigenvalue weighted by Gasteiger charge is -2.09. The first-order valence-corrected chi connectivity index (χ1v) is 5.34. The Bertz CT molecular complexity index is 370. The molecule has 0 saturated heterocycles. The fourth-order valence-electron chi connectivity index (χ4n) is 1.95. The second-order valence-electron chi connectivity index (χ2n) is 4.62. The van der Waals surface area contributed by atoms with Gasteiger partial charge in [-0.15, -0.1) is 0 Å². The van der Waals surface area contributed by atoms with Crippen LogP contribution in [0.1, 0.15) is 31.9 Å². The van der Waals surface area contributed by atoms with Gasteiger partial charge in [0.1, 0.15) is 0 Å². The number of aliphatic carboxylic acids is 1. The Morgan fingerprint density at radius 1 is 1.73 bits per heavy atom. The summed E-state index contributed by atoms with van der Waals surface area (Å²) < 4.78 is 1.94. The van der Waals surface area contributed by atoms with Crippen LogP contribution < -0.4 is 0 Å². The number of carboxylic acids is 1. The van der Waals surface area contributed by atoms with Crippen molar-refractivity contribution < 1.29 is 9.90 Å². The molecule has 1 aliphatic carbocycles. The molecule has 1 aromatic rings. The smallest absolute Gasteiger partial charge is 0.307 e. The zero-order valence-electron chi connectivity index (χ0n) is 9.05. The average molecular weight is 208 g/mol. The molecule has 1 heterocycles. The fourth-order valence-corrected chi connectivity index (χ4v) is 1.95. The van der Waals surface area contributed by atoms with E-state index in [9.17, 15) is 4.79 Å². The molecule has 0 aliphatic heterocycles. The minimum atomic E-state index is -0.683. The maximum Gasteiger partial charge on any atom is 0.307 e. The van der Waals surface area contributed by atoms with Crippen molar-refractivity contribution in [2.24, 2.45) is 11.8 Å². The SMILES string of the molecule is CC(C)Cn1nccc1[C@H]1C[C@H]1C(=O)O. The van der Waals surface area contributed by atoms with E-state index in [1.807, 2.05) is 10.7 Å². The van der Waals surface area contributed by atoms with Crippen molar-refractivity contribution in [3.05, 3.63) is 18.0 Å². The molecule has 0 radical (unpaired) electrons. The van der Waals surface area contributed by atoms with Gasteiger partial charge in [0.25, 0.3) is 0 Å². The van der Waals surface area contributed by atoms with Crippen LogP contribution >= 0.6 is 0 Å². The summed E-state index contributed by atoms with van der Waals surface area (Å²) in [7, 11) is 0. The van der Waals surface area contributed by atoms with Crippen LogP contribution in [-0.4, -0.2) is 20.9 Å². The Morgan fingerprint density at radius 2 is 2.47 bits per heavy atom. The summed E-state index contributed by atoms with van der Waals surface area (Å²) in [6.45, 7) is 5.13. The summed E-state index contributed by atoms with van der Waals surface area (Å²) in [6.07, 6.45) is 2.52. The maximum atomic E-state index is 10.8. The molecular formula is C11H16N2O2. The third-order valence-electron chi connectivity index (χ3n) is 2.78. The Labute approximate surface area is 88.9 Å². The second-order valence-corrected chi connectivity index (χ2v) is 4.62. The summed E-state index contributed by atoms with van der Waals surface area (Å²) in [6, 6.07) is 1.94. The molecular weight excluding hydrogens is 192 g/mol. The van der Waals surface area contributed by atoms with Crippen molar-refractivity contribution in [3.8, 4) is 0 Å². The van der Waals surface area contributed by atoms with Gasteiger partial charge in [-0.05, 0) is 18.4 Å². The molecule has 1 fully saturated rings. The topological polar surface area (TPSA) is 55.1 Å². The zero-order valence-corrected chi connectivity index (χ0v) is 9.05. The van der Waals surface area contributed by atoms with E-state index >= 15 is 0 Å². The molecule has 2 atom stereocenters. The van der Waals surface area contributed by atoms with Gasteiger partial charge in [0.05, 0.1) is 5.92 Å². The van der Waals surface area contributed by atoms with Gasteiger partial charge in [0.15, 0.2) is 0 Å². The van der Waals surface area contributed by atoms with E-state index in [-0.39, 0.29) is 11.8 Å². The molecule has 0 unspecified atom stereocenters. The Kier molecular flexibility index (Phi) is 2.50. The van der Waals surface area contributed by atoms with Crippen molar-refractivity contribution in [2.75, 3.05) is 0 Å². The van der Waals surface area contributed by atoms with Crippen molar-refractivity contribution >= 4 is 5.97 Å². The fraction of sp³-hybridized carbons (Fsp3) is 0.636. The molecule has 4 nitrogen and oxygen atoms in total. The van der Waals surface area contributed by atoms with E-state index in [1.54, 1.807) is 6.20 Å².